The molecule has 1 aliphatic rings. The number of fused-ring (bicyclic) bond motifs is 4. The average molecular weight is 879 g/mol. The number of phenolic OH excluding ortho intramolecular Hbond substituents is 1. The largest absolute Gasteiger partial charge is 0.507 e. The molecule has 0 saturated carbocycles. The van der Waals surface area contributed by atoms with E-state index in [-0.39, 0.29) is 22.0 Å². The summed E-state index contributed by atoms with van der Waals surface area (Å²) in [5, 5.41) is 24.1. The maximum Gasteiger partial charge on any atom is 0.162 e. The number of aromatic nitrogens is 6. The summed E-state index contributed by atoms with van der Waals surface area (Å²) < 4.78 is 4.43. The maximum absolute atomic E-state index is 12.6. The van der Waals surface area contributed by atoms with Crippen LogP contribution in [0.3, 0.4) is 0 Å². The molecule has 0 spiro atoms. The van der Waals surface area contributed by atoms with E-state index >= 15 is 0 Å². The standard InChI is InChI=1S/C55H62N6OSi2/c1-53(2,3)37-26-35(25-36(27-37)44-31-48-47(32-56-44)60-33-57-59-52(60)64(48,13)14)40-21-18-22-46-49(40)58-51(42-28-38(54(4,5)6)29-43(50(42)62)55(7,8)9)61(46)45-24-23-39(63(10,11)12)30-41(45)34-19-16-15-17-20-34/h15-33,62H,1-14H3. The van der Waals surface area contributed by atoms with E-state index in [2.05, 4.69) is 218 Å². The van der Waals surface area contributed by atoms with Crippen LogP contribution in [-0.2, 0) is 16.2 Å². The van der Waals surface area contributed by atoms with Crippen molar-refractivity contribution < 1.29 is 5.11 Å². The topological polar surface area (TPSA) is 81.7 Å². The van der Waals surface area contributed by atoms with E-state index in [1.807, 2.05) is 12.5 Å². The van der Waals surface area contributed by atoms with Crippen molar-refractivity contribution in [3.05, 3.63) is 132 Å². The lowest BCUT2D eigenvalue weighted by Crippen LogP contribution is -2.51. The van der Waals surface area contributed by atoms with E-state index in [1.165, 1.54) is 15.9 Å². The Morgan fingerprint density at radius 1 is 0.625 bits per heavy atom. The van der Waals surface area contributed by atoms with Gasteiger partial charge in [-0.3, -0.25) is 14.1 Å². The van der Waals surface area contributed by atoms with Gasteiger partial charge in [0.1, 0.15) is 23.3 Å². The van der Waals surface area contributed by atoms with Crippen molar-refractivity contribution in [2.45, 2.75) is 111 Å². The molecule has 0 unspecified atom stereocenters. The Labute approximate surface area is 381 Å². The highest BCUT2D eigenvalue weighted by Gasteiger charge is 2.41. The first-order chi connectivity index (χ1) is 29.9. The molecule has 7 nitrogen and oxygen atoms in total. The average Bonchev–Trinajstić information content (AvgIpc) is 3.93. The predicted octanol–water partition coefficient (Wildman–Crippen LogP) is 11.9. The fourth-order valence-corrected chi connectivity index (χ4v) is 13.0. The number of aromatic hydroxyl groups is 1. The SMILES string of the molecule is CC(C)(C)c1cc(-c2cc3c(cn2)-n2cnnc2[Si]3(C)C)cc(-c2cccc3c2nc(-c2cc(C(C)(C)C)cc(C(C)(C)C)c2O)n3-c2ccc([Si](C)(C)C)cc2-c2ccccc2)c1. The van der Waals surface area contributed by atoms with E-state index < -0.39 is 16.1 Å². The van der Waals surface area contributed by atoms with Crippen LogP contribution in [0.4, 0.5) is 0 Å². The van der Waals surface area contributed by atoms with Gasteiger partial charge in [-0.2, -0.15) is 0 Å². The number of phenols is 1. The molecule has 3 aromatic heterocycles. The lowest BCUT2D eigenvalue weighted by molar-refractivity contribution is 0.446. The number of hydrogen-bond donors (Lipinski definition) is 1. The Kier molecular flexibility index (Phi) is 10.0. The molecule has 9 rings (SSSR count). The summed E-state index contributed by atoms with van der Waals surface area (Å²) in [6.45, 7) is 31.9. The second-order valence-electron chi connectivity index (χ2n) is 22.5. The van der Waals surface area contributed by atoms with Crippen molar-refractivity contribution in [3.63, 3.8) is 0 Å². The number of benzene rings is 5. The van der Waals surface area contributed by atoms with Gasteiger partial charge in [0.05, 0.1) is 47.9 Å². The highest BCUT2D eigenvalue weighted by atomic mass is 28.3. The van der Waals surface area contributed by atoms with E-state index in [9.17, 15) is 5.11 Å². The normalized spacial score (nSPS) is 14.0. The Morgan fingerprint density at radius 2 is 1.31 bits per heavy atom. The minimum atomic E-state index is -2.09. The molecular formula is C55H62N6OSi2. The summed E-state index contributed by atoms with van der Waals surface area (Å²) in [7, 11) is -3.80. The van der Waals surface area contributed by atoms with Crippen molar-refractivity contribution in [2.75, 3.05) is 0 Å². The van der Waals surface area contributed by atoms with Crippen LogP contribution >= 0.6 is 0 Å². The van der Waals surface area contributed by atoms with Crippen molar-refractivity contribution in [3.8, 4) is 62.0 Å². The molecule has 1 N–H and O–H groups in total. The third-order valence-electron chi connectivity index (χ3n) is 13.2. The highest BCUT2D eigenvalue weighted by molar-refractivity contribution is 7.01. The van der Waals surface area contributed by atoms with Crippen LogP contribution in [0.2, 0.25) is 32.7 Å². The highest BCUT2D eigenvalue weighted by Crippen LogP contribution is 2.46. The maximum atomic E-state index is 12.6. The first-order valence-corrected chi connectivity index (χ1v) is 29.1. The molecule has 0 atom stereocenters. The van der Waals surface area contributed by atoms with Gasteiger partial charge in [-0.25, -0.2) is 4.98 Å². The van der Waals surface area contributed by atoms with Crippen LogP contribution in [0.25, 0.3) is 67.3 Å². The minimum Gasteiger partial charge on any atom is -0.507 e. The fourth-order valence-electron chi connectivity index (χ4n) is 9.23. The zero-order valence-corrected chi connectivity index (χ0v) is 42.1. The number of para-hydroxylation sites is 1. The van der Waals surface area contributed by atoms with Crippen LogP contribution in [0, 0.1) is 0 Å². The molecule has 0 saturated heterocycles. The molecule has 8 aromatic rings. The number of nitrogens with zero attached hydrogens (tertiary/aromatic N) is 6. The van der Waals surface area contributed by atoms with E-state index in [1.54, 1.807) is 0 Å². The van der Waals surface area contributed by atoms with Crippen molar-refractivity contribution in [1.29, 1.82) is 0 Å². The zero-order valence-electron chi connectivity index (χ0n) is 40.1. The summed E-state index contributed by atoms with van der Waals surface area (Å²) in [4.78, 5) is 10.8. The Bertz CT molecular complexity index is 3130. The molecule has 0 amide bonds. The molecule has 1 aliphatic heterocycles. The molecule has 4 heterocycles. The Hall–Kier alpha value is -5.91. The van der Waals surface area contributed by atoms with Crippen molar-refractivity contribution in [2.24, 2.45) is 0 Å². The van der Waals surface area contributed by atoms with Gasteiger partial charge >= 0.3 is 0 Å². The predicted molar refractivity (Wildman–Crippen MR) is 273 cm³/mol. The quantitative estimate of drug-likeness (QED) is 0.168. The summed E-state index contributed by atoms with van der Waals surface area (Å²) >= 11 is 0. The molecule has 0 radical (unpaired) electrons. The Balaban J connectivity index is 1.35. The van der Waals surface area contributed by atoms with Gasteiger partial charge in [0, 0.05) is 22.3 Å². The summed E-state index contributed by atoms with van der Waals surface area (Å²) in [6.07, 6.45) is 3.81. The van der Waals surface area contributed by atoms with Gasteiger partial charge in [0.2, 0.25) is 0 Å². The van der Waals surface area contributed by atoms with E-state index in [0.29, 0.717) is 5.82 Å². The minimum absolute atomic E-state index is 0.146. The van der Waals surface area contributed by atoms with Gasteiger partial charge in [-0.1, -0.05) is 167 Å². The second kappa shape index (κ2) is 14.8. The molecule has 5 aromatic carbocycles. The molecule has 64 heavy (non-hydrogen) atoms. The summed E-state index contributed by atoms with van der Waals surface area (Å²) in [6, 6.07) is 37.8. The van der Waals surface area contributed by atoms with Crippen LogP contribution in [0.15, 0.2) is 116 Å². The first-order valence-electron chi connectivity index (χ1n) is 22.6. The van der Waals surface area contributed by atoms with Gasteiger partial charge in [-0.05, 0) is 80.1 Å². The molecule has 0 bridgehead atoms. The van der Waals surface area contributed by atoms with Crippen LogP contribution < -0.4 is 15.8 Å². The third-order valence-corrected chi connectivity index (χ3v) is 18.5. The van der Waals surface area contributed by atoms with Crippen LogP contribution in [0.5, 0.6) is 5.75 Å². The van der Waals surface area contributed by atoms with Crippen LogP contribution in [-0.4, -0.2) is 50.6 Å². The van der Waals surface area contributed by atoms with E-state index in [0.717, 1.165) is 78.1 Å². The molecular weight excluding hydrogens is 817 g/mol. The molecule has 9 heteroatoms. The van der Waals surface area contributed by atoms with Gasteiger partial charge in [-0.15, -0.1) is 10.2 Å². The van der Waals surface area contributed by atoms with Gasteiger partial charge < -0.3 is 5.11 Å². The zero-order chi connectivity index (χ0) is 45.9. The number of rotatable bonds is 6. The molecule has 326 valence electrons. The summed E-state index contributed by atoms with van der Waals surface area (Å²) in [5.41, 5.74) is 14.7. The molecule has 0 aliphatic carbocycles. The lowest BCUT2D eigenvalue weighted by atomic mass is 9.79. The third kappa shape index (κ3) is 7.36. The van der Waals surface area contributed by atoms with Gasteiger partial charge in [0.15, 0.2) is 8.07 Å². The lowest BCUT2D eigenvalue weighted by Gasteiger charge is -2.28. The number of imidazole rings is 1. The number of hydrogen-bond acceptors (Lipinski definition) is 5. The Morgan fingerprint density at radius 3 is 1.98 bits per heavy atom. The monoisotopic (exact) mass is 878 g/mol. The summed E-state index contributed by atoms with van der Waals surface area (Å²) in [5.74, 6) is 0.976. The second-order valence-corrected chi connectivity index (χ2v) is 31.8. The van der Waals surface area contributed by atoms with Gasteiger partial charge in [0.25, 0.3) is 0 Å². The van der Waals surface area contributed by atoms with Crippen molar-refractivity contribution in [1.82, 2.24) is 29.3 Å². The number of pyridine rings is 1. The fraction of sp³-hybridized carbons (Fsp3) is 0.309. The van der Waals surface area contributed by atoms with E-state index in [4.69, 9.17) is 9.97 Å². The molecule has 0 fully saturated rings. The smallest absolute Gasteiger partial charge is 0.162 e. The van der Waals surface area contributed by atoms with Crippen molar-refractivity contribution >= 4 is 43.0 Å². The van der Waals surface area contributed by atoms with Crippen LogP contribution in [0.1, 0.15) is 79.0 Å². The first kappa shape index (κ1) is 43.3.